The Hall–Kier alpha value is -3.57. The van der Waals surface area contributed by atoms with Gasteiger partial charge < -0.3 is 16.0 Å². The summed E-state index contributed by atoms with van der Waals surface area (Å²) in [5.74, 6) is -0.0120. The summed E-state index contributed by atoms with van der Waals surface area (Å²) in [5, 5.41) is 12.3. The van der Waals surface area contributed by atoms with E-state index in [1.807, 2.05) is 42.5 Å². The highest BCUT2D eigenvalue weighted by Crippen LogP contribution is 2.34. The van der Waals surface area contributed by atoms with E-state index in [2.05, 4.69) is 48.0 Å². The van der Waals surface area contributed by atoms with Crippen molar-refractivity contribution in [2.24, 2.45) is 0 Å². The molecule has 1 amide bonds. The summed E-state index contributed by atoms with van der Waals surface area (Å²) in [5.41, 5.74) is 10.0. The summed E-state index contributed by atoms with van der Waals surface area (Å²) < 4.78 is 0. The Kier molecular flexibility index (Phi) is 12.8. The zero-order chi connectivity index (χ0) is 32.1. The van der Waals surface area contributed by atoms with E-state index in [1.54, 1.807) is 0 Å². The van der Waals surface area contributed by atoms with Crippen molar-refractivity contribution in [2.75, 3.05) is 23.7 Å². The van der Waals surface area contributed by atoms with Crippen molar-refractivity contribution in [3.05, 3.63) is 93.6 Å². The number of carbonyl (C=O) groups is 1. The van der Waals surface area contributed by atoms with Gasteiger partial charge in [0.15, 0.2) is 0 Å². The number of benzene rings is 3. The molecule has 3 aromatic carbocycles. The first-order valence-corrected chi connectivity index (χ1v) is 17.9. The van der Waals surface area contributed by atoms with Crippen LogP contribution in [0.25, 0.3) is 10.9 Å². The van der Waals surface area contributed by atoms with Crippen molar-refractivity contribution in [1.82, 2.24) is 10.3 Å². The third-order valence-corrected chi connectivity index (χ3v) is 9.70. The first-order valence-electron chi connectivity index (χ1n) is 17.6. The van der Waals surface area contributed by atoms with E-state index in [0.717, 1.165) is 60.7 Å². The molecule has 3 N–H and O–H groups in total. The molecule has 0 aliphatic heterocycles. The SMILES string of the molecule is Cc1cccc(Nc2ccccc2C(=O)NCCCCCCCCCCCCNc2c3c(nc4cc(Cl)ccc24)CCCC3)c1C. The lowest BCUT2D eigenvalue weighted by atomic mass is 9.92. The van der Waals surface area contributed by atoms with Crippen molar-refractivity contribution in [1.29, 1.82) is 0 Å². The first-order chi connectivity index (χ1) is 22.5. The standard InChI is InChI=1S/C40H51ClN4O/c1-29-18-17-23-35(30(29)2)44-37-22-14-12-20-34(37)40(46)43-27-16-10-8-6-4-3-5-7-9-15-26-42-39-32-19-11-13-21-36(32)45-38-28-31(41)24-25-33(38)39/h12,14,17-18,20,22-25,28,44H,3-11,13,15-16,19,21,26-27H2,1-2H3,(H,42,45)(H,43,46). The lowest BCUT2D eigenvalue weighted by Gasteiger charge is -2.22. The van der Waals surface area contributed by atoms with Crippen LogP contribution in [-0.2, 0) is 12.8 Å². The second kappa shape index (κ2) is 17.4. The number of unbranched alkanes of at least 4 members (excludes halogenated alkanes) is 9. The predicted molar refractivity (Wildman–Crippen MR) is 196 cm³/mol. The molecule has 0 unspecified atom stereocenters. The number of fused-ring (bicyclic) bond motifs is 2. The highest BCUT2D eigenvalue weighted by atomic mass is 35.5. The van der Waals surface area contributed by atoms with Crippen LogP contribution in [-0.4, -0.2) is 24.0 Å². The zero-order valence-electron chi connectivity index (χ0n) is 27.8. The molecular weight excluding hydrogens is 588 g/mol. The summed E-state index contributed by atoms with van der Waals surface area (Å²) in [6, 6.07) is 20.1. The first kappa shape index (κ1) is 33.8. The smallest absolute Gasteiger partial charge is 0.253 e. The number of aromatic nitrogens is 1. The second-order valence-electron chi connectivity index (χ2n) is 12.9. The normalized spacial score (nSPS) is 12.6. The Morgan fingerprint density at radius 2 is 1.43 bits per heavy atom. The van der Waals surface area contributed by atoms with Crippen LogP contribution in [0.15, 0.2) is 60.7 Å². The number of carbonyl (C=O) groups excluding carboxylic acids is 1. The Morgan fingerprint density at radius 1 is 0.761 bits per heavy atom. The maximum absolute atomic E-state index is 12.9. The van der Waals surface area contributed by atoms with Gasteiger partial charge in [0.2, 0.25) is 0 Å². The van der Waals surface area contributed by atoms with Crippen LogP contribution in [0.5, 0.6) is 0 Å². The van der Waals surface area contributed by atoms with Crippen molar-refractivity contribution in [3.63, 3.8) is 0 Å². The van der Waals surface area contributed by atoms with Gasteiger partial charge in [0, 0.05) is 40.6 Å². The van der Waals surface area contributed by atoms with Crippen LogP contribution in [0.2, 0.25) is 5.02 Å². The van der Waals surface area contributed by atoms with Crippen molar-refractivity contribution >= 4 is 45.5 Å². The number of halogens is 1. The summed E-state index contributed by atoms with van der Waals surface area (Å²) in [6.45, 7) is 5.94. The molecule has 0 bridgehead atoms. The van der Waals surface area contributed by atoms with Gasteiger partial charge in [0.05, 0.1) is 16.8 Å². The molecule has 0 saturated carbocycles. The number of hydrogen-bond donors (Lipinski definition) is 3. The van der Waals surface area contributed by atoms with Gasteiger partial charge in [-0.15, -0.1) is 0 Å². The van der Waals surface area contributed by atoms with E-state index in [0.29, 0.717) is 5.56 Å². The summed E-state index contributed by atoms with van der Waals surface area (Å²) in [4.78, 5) is 17.9. The number of anilines is 3. The molecule has 4 aromatic rings. The molecule has 5 rings (SSSR count). The molecule has 1 aliphatic carbocycles. The number of pyridine rings is 1. The molecular formula is C40H51ClN4O. The number of nitrogens with one attached hydrogen (secondary N) is 3. The fourth-order valence-corrected chi connectivity index (χ4v) is 6.76. The van der Waals surface area contributed by atoms with Gasteiger partial charge in [-0.2, -0.15) is 0 Å². The summed E-state index contributed by atoms with van der Waals surface area (Å²) >= 11 is 6.27. The zero-order valence-corrected chi connectivity index (χ0v) is 28.6. The lowest BCUT2D eigenvalue weighted by molar-refractivity contribution is 0.0953. The van der Waals surface area contributed by atoms with E-state index in [-0.39, 0.29) is 5.91 Å². The topological polar surface area (TPSA) is 66.1 Å². The molecule has 0 radical (unpaired) electrons. The van der Waals surface area contributed by atoms with Gasteiger partial charge in [0.1, 0.15) is 0 Å². The van der Waals surface area contributed by atoms with Crippen LogP contribution in [0.3, 0.4) is 0 Å². The Labute approximate surface area is 280 Å². The van der Waals surface area contributed by atoms with E-state index in [1.165, 1.54) is 97.7 Å². The van der Waals surface area contributed by atoms with E-state index in [9.17, 15) is 4.79 Å². The fourth-order valence-electron chi connectivity index (χ4n) is 6.60. The summed E-state index contributed by atoms with van der Waals surface area (Å²) in [6.07, 6.45) is 17.1. The largest absolute Gasteiger partial charge is 0.384 e. The number of amides is 1. The van der Waals surface area contributed by atoms with Gasteiger partial charge >= 0.3 is 0 Å². The highest BCUT2D eigenvalue weighted by Gasteiger charge is 2.18. The molecule has 0 spiro atoms. The number of aryl methyl sites for hydroxylation is 2. The van der Waals surface area contributed by atoms with Gasteiger partial charge in [-0.05, 0) is 105 Å². The van der Waals surface area contributed by atoms with Gasteiger partial charge in [-0.25, -0.2) is 0 Å². The van der Waals surface area contributed by atoms with Gasteiger partial charge in [-0.3, -0.25) is 9.78 Å². The van der Waals surface area contributed by atoms with Crippen molar-refractivity contribution in [3.8, 4) is 0 Å². The maximum Gasteiger partial charge on any atom is 0.253 e. The number of hydrogen-bond acceptors (Lipinski definition) is 4. The quantitative estimate of drug-likeness (QED) is 0.101. The number of para-hydroxylation sites is 1. The third-order valence-electron chi connectivity index (χ3n) is 9.46. The molecule has 244 valence electrons. The second-order valence-corrected chi connectivity index (χ2v) is 13.4. The van der Waals surface area contributed by atoms with E-state index < -0.39 is 0 Å². The number of nitrogens with zero attached hydrogens (tertiary/aromatic N) is 1. The van der Waals surface area contributed by atoms with Crippen LogP contribution >= 0.6 is 11.6 Å². The summed E-state index contributed by atoms with van der Waals surface area (Å²) in [7, 11) is 0. The molecule has 1 aromatic heterocycles. The number of rotatable bonds is 17. The Morgan fingerprint density at radius 3 is 2.22 bits per heavy atom. The van der Waals surface area contributed by atoms with Gasteiger partial charge in [-0.1, -0.05) is 87.2 Å². The minimum Gasteiger partial charge on any atom is -0.384 e. The maximum atomic E-state index is 12.9. The predicted octanol–water partition coefficient (Wildman–Crippen LogP) is 10.9. The molecule has 0 fully saturated rings. The van der Waals surface area contributed by atoms with Crippen LogP contribution in [0.1, 0.15) is 110 Å². The van der Waals surface area contributed by atoms with E-state index >= 15 is 0 Å². The van der Waals surface area contributed by atoms with Crippen LogP contribution in [0.4, 0.5) is 17.1 Å². The molecule has 6 heteroatoms. The third kappa shape index (κ3) is 9.25. The van der Waals surface area contributed by atoms with Crippen molar-refractivity contribution in [2.45, 2.75) is 104 Å². The molecule has 1 aliphatic rings. The fraction of sp³-hybridized carbons (Fsp3) is 0.450. The van der Waals surface area contributed by atoms with E-state index in [4.69, 9.17) is 16.6 Å². The molecule has 5 nitrogen and oxygen atoms in total. The Balaban J connectivity index is 0.912. The molecule has 0 atom stereocenters. The monoisotopic (exact) mass is 638 g/mol. The molecule has 46 heavy (non-hydrogen) atoms. The lowest BCUT2D eigenvalue weighted by Crippen LogP contribution is -2.25. The Bertz CT molecular complexity index is 1600. The average molecular weight is 639 g/mol. The highest BCUT2D eigenvalue weighted by molar-refractivity contribution is 6.31. The van der Waals surface area contributed by atoms with Gasteiger partial charge in [0.25, 0.3) is 5.91 Å². The minimum absolute atomic E-state index is 0.0120. The van der Waals surface area contributed by atoms with Crippen LogP contribution in [0, 0.1) is 13.8 Å². The molecule has 0 saturated heterocycles. The average Bonchev–Trinajstić information content (AvgIpc) is 3.06. The van der Waals surface area contributed by atoms with Crippen LogP contribution < -0.4 is 16.0 Å². The molecule has 1 heterocycles. The minimum atomic E-state index is -0.0120. The van der Waals surface area contributed by atoms with Crippen molar-refractivity contribution < 1.29 is 4.79 Å².